The Hall–Kier alpha value is -2.42. The molecule has 1 atom stereocenters. The van der Waals surface area contributed by atoms with Gasteiger partial charge in [-0.2, -0.15) is 0 Å². The molecule has 2 N–H and O–H groups in total. The third-order valence-corrected chi connectivity index (χ3v) is 4.19. The number of nitrogens with two attached hydrogens (primary N) is 1. The molecule has 0 fully saturated rings. The third-order valence-electron chi connectivity index (χ3n) is 3.24. The molecular weight excluding hydrogens is 358 g/mol. The summed E-state index contributed by atoms with van der Waals surface area (Å²) >= 11 is 1.11. The van der Waals surface area contributed by atoms with E-state index in [2.05, 4.69) is 10.2 Å². The van der Waals surface area contributed by atoms with Crippen LogP contribution in [0.15, 0.2) is 21.8 Å². The van der Waals surface area contributed by atoms with Crippen molar-refractivity contribution >= 4 is 17.7 Å². The molecule has 1 amide bonds. The van der Waals surface area contributed by atoms with Gasteiger partial charge in [0.15, 0.2) is 11.5 Å². The molecule has 0 spiro atoms. The predicted molar refractivity (Wildman–Crippen MR) is 97.8 cm³/mol. The van der Waals surface area contributed by atoms with Crippen molar-refractivity contribution in [3.8, 4) is 28.7 Å². The summed E-state index contributed by atoms with van der Waals surface area (Å²) in [5, 5.41) is 7.78. The van der Waals surface area contributed by atoms with Crippen molar-refractivity contribution in [1.82, 2.24) is 10.2 Å². The summed E-state index contributed by atoms with van der Waals surface area (Å²) in [5.41, 5.74) is 5.89. The van der Waals surface area contributed by atoms with Gasteiger partial charge in [-0.05, 0) is 39.8 Å². The second-order valence-electron chi connectivity index (χ2n) is 5.14. The van der Waals surface area contributed by atoms with Crippen molar-refractivity contribution in [2.24, 2.45) is 5.73 Å². The lowest BCUT2D eigenvalue weighted by molar-refractivity contribution is -0.117. The van der Waals surface area contributed by atoms with Gasteiger partial charge in [0.05, 0.1) is 25.1 Å². The zero-order valence-corrected chi connectivity index (χ0v) is 16.1. The lowest BCUT2D eigenvalue weighted by Gasteiger charge is -2.16. The fraction of sp³-hybridized carbons (Fsp3) is 0.471. The molecule has 0 radical (unpaired) electrons. The topological polar surface area (TPSA) is 110 Å². The zero-order valence-electron chi connectivity index (χ0n) is 15.3. The van der Waals surface area contributed by atoms with Crippen molar-refractivity contribution in [2.75, 3.05) is 19.8 Å². The number of benzene rings is 1. The normalized spacial score (nSPS) is 11.8. The Kier molecular flexibility index (Phi) is 7.14. The van der Waals surface area contributed by atoms with Crippen molar-refractivity contribution in [3.63, 3.8) is 0 Å². The molecule has 1 aromatic heterocycles. The van der Waals surface area contributed by atoms with Gasteiger partial charge in [-0.25, -0.2) is 0 Å². The number of hydrogen-bond acceptors (Lipinski definition) is 8. The van der Waals surface area contributed by atoms with Gasteiger partial charge in [0.2, 0.25) is 17.5 Å². The number of amides is 1. The average Bonchev–Trinajstić information content (AvgIpc) is 3.06. The largest absolute Gasteiger partial charge is 0.490 e. The molecule has 1 heterocycles. The minimum Gasteiger partial charge on any atom is -0.490 e. The van der Waals surface area contributed by atoms with Crippen LogP contribution in [-0.2, 0) is 4.79 Å². The van der Waals surface area contributed by atoms with Gasteiger partial charge in [-0.15, -0.1) is 10.2 Å². The van der Waals surface area contributed by atoms with Gasteiger partial charge >= 0.3 is 0 Å². The molecule has 0 aliphatic carbocycles. The van der Waals surface area contributed by atoms with E-state index in [0.29, 0.717) is 42.6 Å². The number of ether oxygens (including phenoxy) is 3. The molecule has 0 aliphatic heterocycles. The molecule has 0 bridgehead atoms. The predicted octanol–water partition coefficient (Wildman–Crippen LogP) is 2.90. The van der Waals surface area contributed by atoms with Crippen LogP contribution in [0.1, 0.15) is 27.7 Å². The average molecular weight is 381 g/mol. The maximum Gasteiger partial charge on any atom is 0.277 e. The second kappa shape index (κ2) is 9.33. The first-order valence-corrected chi connectivity index (χ1v) is 9.24. The fourth-order valence-electron chi connectivity index (χ4n) is 2.10. The molecule has 0 saturated carbocycles. The van der Waals surface area contributed by atoms with E-state index in [0.717, 1.165) is 11.8 Å². The molecule has 0 unspecified atom stereocenters. The van der Waals surface area contributed by atoms with E-state index in [1.807, 2.05) is 20.8 Å². The fourth-order valence-corrected chi connectivity index (χ4v) is 2.73. The molecule has 142 valence electrons. The van der Waals surface area contributed by atoms with Gasteiger partial charge in [-0.1, -0.05) is 11.8 Å². The minimum absolute atomic E-state index is 0.260. The molecular formula is C17H23N3O5S. The Bertz CT molecular complexity index is 723. The van der Waals surface area contributed by atoms with Crippen LogP contribution in [-0.4, -0.2) is 41.2 Å². The molecule has 2 rings (SSSR count). The summed E-state index contributed by atoms with van der Waals surface area (Å²) < 4.78 is 22.7. The number of carbonyl (C=O) groups excluding carboxylic acids is 1. The van der Waals surface area contributed by atoms with Gasteiger partial charge < -0.3 is 24.4 Å². The number of carbonyl (C=O) groups is 1. The van der Waals surface area contributed by atoms with E-state index in [1.54, 1.807) is 19.1 Å². The summed E-state index contributed by atoms with van der Waals surface area (Å²) in [7, 11) is 0. The lowest BCUT2D eigenvalue weighted by atomic mass is 10.2. The molecule has 26 heavy (non-hydrogen) atoms. The standard InChI is InChI=1S/C17H23N3O5S/c1-5-22-12-8-11(9-13(23-6-2)14(12)24-7-3)16-19-20-17(25-16)26-10(4)15(18)21/h8-10H,5-7H2,1-4H3,(H2,18,21)/t10-/m1/s1. The Morgan fingerprint density at radius 1 is 1.12 bits per heavy atom. The van der Waals surface area contributed by atoms with E-state index in [-0.39, 0.29) is 11.1 Å². The van der Waals surface area contributed by atoms with Gasteiger partial charge in [0.25, 0.3) is 5.22 Å². The summed E-state index contributed by atoms with van der Waals surface area (Å²) in [6.45, 7) is 8.75. The Morgan fingerprint density at radius 3 is 2.19 bits per heavy atom. The maximum atomic E-state index is 11.2. The van der Waals surface area contributed by atoms with Crippen LogP contribution in [0.2, 0.25) is 0 Å². The summed E-state index contributed by atoms with van der Waals surface area (Å²) in [5.74, 6) is 1.44. The van der Waals surface area contributed by atoms with E-state index in [1.165, 1.54) is 0 Å². The molecule has 1 aromatic carbocycles. The third kappa shape index (κ3) is 4.81. The van der Waals surface area contributed by atoms with Gasteiger partial charge in [0, 0.05) is 5.56 Å². The van der Waals surface area contributed by atoms with E-state index < -0.39 is 11.2 Å². The lowest BCUT2D eigenvalue weighted by Crippen LogP contribution is -2.22. The zero-order chi connectivity index (χ0) is 19.1. The van der Waals surface area contributed by atoms with Crippen LogP contribution in [0.3, 0.4) is 0 Å². The highest BCUT2D eigenvalue weighted by atomic mass is 32.2. The molecule has 8 nitrogen and oxygen atoms in total. The summed E-state index contributed by atoms with van der Waals surface area (Å²) in [6, 6.07) is 3.52. The first kappa shape index (κ1) is 19.9. The van der Waals surface area contributed by atoms with E-state index in [9.17, 15) is 4.79 Å². The number of nitrogens with zero attached hydrogens (tertiary/aromatic N) is 2. The van der Waals surface area contributed by atoms with Gasteiger partial charge in [-0.3, -0.25) is 4.79 Å². The van der Waals surface area contributed by atoms with Crippen LogP contribution < -0.4 is 19.9 Å². The van der Waals surface area contributed by atoms with Crippen LogP contribution in [0, 0.1) is 0 Å². The summed E-state index contributed by atoms with van der Waals surface area (Å²) in [6.07, 6.45) is 0. The highest BCUT2D eigenvalue weighted by molar-refractivity contribution is 8.00. The highest BCUT2D eigenvalue weighted by Gasteiger charge is 2.20. The van der Waals surface area contributed by atoms with Crippen LogP contribution in [0.25, 0.3) is 11.5 Å². The number of primary amides is 1. The minimum atomic E-state index is -0.471. The first-order chi connectivity index (χ1) is 12.5. The molecule has 0 aliphatic rings. The molecule has 2 aromatic rings. The Labute approximate surface area is 156 Å². The molecule has 9 heteroatoms. The van der Waals surface area contributed by atoms with Gasteiger partial charge in [0.1, 0.15) is 0 Å². The number of thioether (sulfide) groups is 1. The Morgan fingerprint density at radius 2 is 1.69 bits per heavy atom. The Balaban J connectivity index is 2.39. The quantitative estimate of drug-likeness (QED) is 0.626. The van der Waals surface area contributed by atoms with E-state index in [4.69, 9.17) is 24.4 Å². The highest BCUT2D eigenvalue weighted by Crippen LogP contribution is 2.42. The van der Waals surface area contributed by atoms with E-state index >= 15 is 0 Å². The molecule has 0 saturated heterocycles. The number of rotatable bonds is 10. The second-order valence-corrected chi connectivity index (χ2v) is 6.43. The van der Waals surface area contributed by atoms with Crippen molar-refractivity contribution < 1.29 is 23.4 Å². The summed E-state index contributed by atoms with van der Waals surface area (Å²) in [4.78, 5) is 11.2. The van der Waals surface area contributed by atoms with Crippen molar-refractivity contribution in [2.45, 2.75) is 38.2 Å². The maximum absolute atomic E-state index is 11.2. The number of hydrogen-bond donors (Lipinski definition) is 1. The SMILES string of the molecule is CCOc1cc(-c2nnc(S[C@H](C)C(N)=O)o2)cc(OCC)c1OCC. The van der Waals surface area contributed by atoms with Crippen LogP contribution in [0.5, 0.6) is 17.2 Å². The number of aromatic nitrogens is 2. The van der Waals surface area contributed by atoms with Crippen molar-refractivity contribution in [1.29, 1.82) is 0 Å². The smallest absolute Gasteiger partial charge is 0.277 e. The first-order valence-electron chi connectivity index (χ1n) is 8.36. The van der Waals surface area contributed by atoms with Crippen LogP contribution in [0.4, 0.5) is 0 Å². The van der Waals surface area contributed by atoms with Crippen molar-refractivity contribution in [3.05, 3.63) is 12.1 Å². The monoisotopic (exact) mass is 381 g/mol. The van der Waals surface area contributed by atoms with Crippen LogP contribution >= 0.6 is 11.8 Å².